The first-order valence-corrected chi connectivity index (χ1v) is 8.76. The van der Waals surface area contributed by atoms with Crippen molar-refractivity contribution in [2.75, 3.05) is 6.54 Å². The molecule has 2 heterocycles. The van der Waals surface area contributed by atoms with Crippen LogP contribution in [0.25, 0.3) is 22.4 Å². The second kappa shape index (κ2) is 7.07. The summed E-state index contributed by atoms with van der Waals surface area (Å²) in [7, 11) is 0. The predicted molar refractivity (Wildman–Crippen MR) is 98.9 cm³/mol. The highest BCUT2D eigenvalue weighted by molar-refractivity contribution is 7.00. The summed E-state index contributed by atoms with van der Waals surface area (Å²) < 4.78 is 13.6. The average Bonchev–Trinajstić information content (AvgIpc) is 3.37. The van der Waals surface area contributed by atoms with E-state index in [1.165, 1.54) is 0 Å². The van der Waals surface area contributed by atoms with E-state index in [0.717, 1.165) is 34.1 Å². The van der Waals surface area contributed by atoms with Gasteiger partial charge in [0.05, 0.1) is 24.1 Å². The van der Waals surface area contributed by atoms with Crippen LogP contribution in [0.15, 0.2) is 65.3 Å². The van der Waals surface area contributed by atoms with Gasteiger partial charge < -0.3 is 14.8 Å². The van der Waals surface area contributed by atoms with Crippen LogP contribution in [0.4, 0.5) is 0 Å². The molecule has 7 heteroatoms. The van der Waals surface area contributed by atoms with Gasteiger partial charge in [0.25, 0.3) is 5.91 Å². The quantitative estimate of drug-likeness (QED) is 0.566. The Kier molecular flexibility index (Phi) is 4.47. The summed E-state index contributed by atoms with van der Waals surface area (Å²) in [6, 6.07) is 16.3. The summed E-state index contributed by atoms with van der Waals surface area (Å²) >= 11 is 1.11. The monoisotopic (exact) mass is 365 g/mol. The molecule has 0 radical (unpaired) electrons. The standard InChI is InChI=1S/C19H15N3O3S/c23-17(12-3-5-13(6-4-12)18-2-1-9-25-18)11-20-19(24)14-7-8-15-16(10-14)22-26-21-15/h1-10,17,23H,11H2,(H,20,24)/t17-/m0/s1. The van der Waals surface area contributed by atoms with Crippen LogP contribution < -0.4 is 5.32 Å². The molecule has 0 bridgehead atoms. The third-order valence-corrected chi connectivity index (χ3v) is 4.63. The first-order chi connectivity index (χ1) is 12.7. The van der Waals surface area contributed by atoms with E-state index in [4.69, 9.17) is 4.42 Å². The SMILES string of the molecule is O=C(NC[C@H](O)c1ccc(-c2ccco2)cc1)c1ccc2nsnc2c1. The number of rotatable bonds is 5. The van der Waals surface area contributed by atoms with Gasteiger partial charge in [-0.2, -0.15) is 8.75 Å². The smallest absolute Gasteiger partial charge is 0.251 e. The van der Waals surface area contributed by atoms with E-state index in [1.54, 1.807) is 24.5 Å². The molecule has 0 aliphatic rings. The molecule has 2 aromatic carbocycles. The molecule has 0 aliphatic carbocycles. The van der Waals surface area contributed by atoms with Crippen molar-refractivity contribution in [3.8, 4) is 11.3 Å². The van der Waals surface area contributed by atoms with Gasteiger partial charge in [-0.3, -0.25) is 4.79 Å². The molecule has 1 atom stereocenters. The lowest BCUT2D eigenvalue weighted by Crippen LogP contribution is -2.28. The molecule has 130 valence electrons. The second-order valence-corrected chi connectivity index (χ2v) is 6.32. The molecule has 0 fully saturated rings. The number of fused-ring (bicyclic) bond motifs is 1. The summed E-state index contributed by atoms with van der Waals surface area (Å²) in [4.78, 5) is 12.3. The number of nitrogens with one attached hydrogen (secondary N) is 1. The summed E-state index contributed by atoms with van der Waals surface area (Å²) in [5.74, 6) is 0.512. The largest absolute Gasteiger partial charge is 0.464 e. The van der Waals surface area contributed by atoms with Crippen LogP contribution in [-0.2, 0) is 0 Å². The lowest BCUT2D eigenvalue weighted by molar-refractivity contribution is 0.0916. The van der Waals surface area contributed by atoms with E-state index in [1.807, 2.05) is 36.4 Å². The van der Waals surface area contributed by atoms with Gasteiger partial charge in [-0.05, 0) is 35.9 Å². The summed E-state index contributed by atoms with van der Waals surface area (Å²) in [5.41, 5.74) is 3.60. The van der Waals surface area contributed by atoms with Crippen LogP contribution in [-0.4, -0.2) is 26.3 Å². The lowest BCUT2D eigenvalue weighted by atomic mass is 10.1. The molecule has 0 saturated heterocycles. The number of hydrogen-bond donors (Lipinski definition) is 2. The van der Waals surface area contributed by atoms with Crippen LogP contribution in [0, 0.1) is 0 Å². The molecule has 0 aliphatic heterocycles. The van der Waals surface area contributed by atoms with Gasteiger partial charge in [-0.15, -0.1) is 0 Å². The van der Waals surface area contributed by atoms with E-state index in [9.17, 15) is 9.90 Å². The summed E-state index contributed by atoms with van der Waals surface area (Å²) in [6.07, 6.45) is 0.821. The fraction of sp³-hybridized carbons (Fsp3) is 0.105. The highest BCUT2D eigenvalue weighted by atomic mass is 32.1. The van der Waals surface area contributed by atoms with Crippen molar-refractivity contribution in [1.82, 2.24) is 14.1 Å². The van der Waals surface area contributed by atoms with Crippen molar-refractivity contribution in [3.05, 3.63) is 72.0 Å². The summed E-state index contributed by atoms with van der Waals surface area (Å²) in [6.45, 7) is 0.117. The molecular formula is C19H15N3O3S. The van der Waals surface area contributed by atoms with Crippen molar-refractivity contribution in [2.45, 2.75) is 6.10 Å². The Bertz CT molecular complexity index is 1030. The molecule has 6 nitrogen and oxygen atoms in total. The lowest BCUT2D eigenvalue weighted by Gasteiger charge is -2.13. The minimum atomic E-state index is -0.797. The second-order valence-electron chi connectivity index (χ2n) is 5.79. The molecule has 4 aromatic rings. The third kappa shape index (κ3) is 3.35. The van der Waals surface area contributed by atoms with Gasteiger partial charge in [0, 0.05) is 17.7 Å². The van der Waals surface area contributed by atoms with Gasteiger partial charge in [0.15, 0.2) is 0 Å². The van der Waals surface area contributed by atoms with Gasteiger partial charge >= 0.3 is 0 Å². The number of carbonyl (C=O) groups is 1. The number of amides is 1. The number of aliphatic hydroxyl groups excluding tert-OH is 1. The third-order valence-electron chi connectivity index (χ3n) is 4.07. The molecule has 0 spiro atoms. The van der Waals surface area contributed by atoms with Crippen LogP contribution in [0.1, 0.15) is 22.0 Å². The first kappa shape index (κ1) is 16.4. The zero-order valence-corrected chi connectivity index (χ0v) is 14.4. The van der Waals surface area contributed by atoms with E-state index < -0.39 is 6.10 Å². The van der Waals surface area contributed by atoms with Crippen LogP contribution >= 0.6 is 11.7 Å². The summed E-state index contributed by atoms with van der Waals surface area (Å²) in [5, 5.41) is 13.1. The van der Waals surface area contributed by atoms with Crippen molar-refractivity contribution < 1.29 is 14.3 Å². The Labute approximate surface area is 153 Å². The van der Waals surface area contributed by atoms with Crippen molar-refractivity contribution in [3.63, 3.8) is 0 Å². The van der Waals surface area contributed by atoms with E-state index in [2.05, 4.69) is 14.1 Å². The Morgan fingerprint density at radius 1 is 1.12 bits per heavy atom. The predicted octanol–water partition coefficient (Wildman–Crippen LogP) is 3.41. The number of aromatic nitrogens is 2. The van der Waals surface area contributed by atoms with Gasteiger partial charge in [0.2, 0.25) is 0 Å². The minimum Gasteiger partial charge on any atom is -0.464 e. The fourth-order valence-electron chi connectivity index (χ4n) is 2.65. The Morgan fingerprint density at radius 2 is 1.92 bits per heavy atom. The number of carbonyl (C=O) groups excluding carboxylic acids is 1. The molecular weight excluding hydrogens is 350 g/mol. The zero-order valence-electron chi connectivity index (χ0n) is 13.6. The molecule has 26 heavy (non-hydrogen) atoms. The Hall–Kier alpha value is -3.03. The Morgan fingerprint density at radius 3 is 2.69 bits per heavy atom. The van der Waals surface area contributed by atoms with Crippen molar-refractivity contribution in [2.24, 2.45) is 0 Å². The first-order valence-electron chi connectivity index (χ1n) is 8.03. The maximum Gasteiger partial charge on any atom is 0.251 e. The molecule has 0 unspecified atom stereocenters. The van der Waals surface area contributed by atoms with E-state index >= 15 is 0 Å². The highest BCUT2D eigenvalue weighted by Crippen LogP contribution is 2.22. The van der Waals surface area contributed by atoms with E-state index in [-0.39, 0.29) is 12.5 Å². The van der Waals surface area contributed by atoms with Gasteiger partial charge in [-0.25, -0.2) is 0 Å². The number of aliphatic hydroxyl groups is 1. The topological polar surface area (TPSA) is 88.2 Å². The maximum absolute atomic E-state index is 12.3. The molecule has 2 N–H and O–H groups in total. The highest BCUT2D eigenvalue weighted by Gasteiger charge is 2.12. The maximum atomic E-state index is 12.3. The fourth-order valence-corrected chi connectivity index (χ4v) is 3.16. The average molecular weight is 365 g/mol. The zero-order chi connectivity index (χ0) is 17.9. The number of benzene rings is 2. The van der Waals surface area contributed by atoms with Crippen molar-refractivity contribution in [1.29, 1.82) is 0 Å². The van der Waals surface area contributed by atoms with Crippen LogP contribution in [0.3, 0.4) is 0 Å². The Balaban J connectivity index is 1.39. The van der Waals surface area contributed by atoms with E-state index in [0.29, 0.717) is 11.1 Å². The number of furan rings is 1. The molecule has 1 amide bonds. The van der Waals surface area contributed by atoms with Crippen molar-refractivity contribution >= 4 is 28.7 Å². The van der Waals surface area contributed by atoms with Gasteiger partial charge in [0.1, 0.15) is 16.8 Å². The van der Waals surface area contributed by atoms with Crippen LogP contribution in [0.5, 0.6) is 0 Å². The number of nitrogens with zero attached hydrogens (tertiary/aromatic N) is 2. The van der Waals surface area contributed by atoms with Crippen LogP contribution in [0.2, 0.25) is 0 Å². The molecule has 2 aromatic heterocycles. The minimum absolute atomic E-state index is 0.117. The van der Waals surface area contributed by atoms with Gasteiger partial charge in [-0.1, -0.05) is 24.3 Å². The number of hydrogen-bond acceptors (Lipinski definition) is 6. The molecule has 0 saturated carbocycles. The molecule has 4 rings (SSSR count). The normalized spacial score (nSPS) is 12.2.